The highest BCUT2D eigenvalue weighted by Crippen LogP contribution is 2.32. The number of nitrogens with one attached hydrogen (secondary N) is 1. The third-order valence-electron chi connectivity index (χ3n) is 4.02. The summed E-state index contributed by atoms with van der Waals surface area (Å²) in [6.45, 7) is 3.80. The van der Waals surface area contributed by atoms with E-state index >= 15 is 0 Å². The Hall–Kier alpha value is -3.28. The Morgan fingerprint density at radius 1 is 1.12 bits per heavy atom. The molecule has 2 aromatic carbocycles. The van der Waals surface area contributed by atoms with E-state index in [1.807, 2.05) is 12.1 Å². The SMILES string of the molecule is C=C1c2ccccc2C(=O)N1CC(=O)Nc1cc(OC)ccc1OC. The molecule has 2 amide bonds. The van der Waals surface area contributed by atoms with Crippen molar-refractivity contribution in [1.82, 2.24) is 4.90 Å². The molecule has 0 aromatic heterocycles. The molecule has 0 bridgehead atoms. The molecule has 1 N–H and O–H groups in total. The van der Waals surface area contributed by atoms with Crippen molar-refractivity contribution >= 4 is 23.2 Å². The predicted molar refractivity (Wildman–Crippen MR) is 94.7 cm³/mol. The average Bonchev–Trinajstić information content (AvgIpc) is 2.87. The van der Waals surface area contributed by atoms with Crippen molar-refractivity contribution in [3.8, 4) is 11.5 Å². The fourth-order valence-electron chi connectivity index (χ4n) is 2.75. The van der Waals surface area contributed by atoms with Crippen LogP contribution < -0.4 is 14.8 Å². The van der Waals surface area contributed by atoms with Gasteiger partial charge in [0, 0.05) is 22.9 Å². The topological polar surface area (TPSA) is 67.9 Å². The summed E-state index contributed by atoms with van der Waals surface area (Å²) in [5.41, 5.74) is 2.30. The zero-order valence-electron chi connectivity index (χ0n) is 14.0. The van der Waals surface area contributed by atoms with Gasteiger partial charge in [-0.05, 0) is 18.2 Å². The van der Waals surface area contributed by atoms with Gasteiger partial charge in [-0.3, -0.25) is 14.5 Å². The fourth-order valence-corrected chi connectivity index (χ4v) is 2.75. The monoisotopic (exact) mass is 338 g/mol. The van der Waals surface area contributed by atoms with Crippen LogP contribution in [0.15, 0.2) is 49.0 Å². The number of carbonyl (C=O) groups excluding carboxylic acids is 2. The quantitative estimate of drug-likeness (QED) is 0.910. The molecule has 0 saturated heterocycles. The highest BCUT2D eigenvalue weighted by Gasteiger charge is 2.31. The molecule has 1 aliphatic rings. The lowest BCUT2D eigenvalue weighted by molar-refractivity contribution is -0.116. The van der Waals surface area contributed by atoms with E-state index in [9.17, 15) is 9.59 Å². The van der Waals surface area contributed by atoms with Gasteiger partial charge < -0.3 is 14.8 Å². The Morgan fingerprint density at radius 2 is 1.84 bits per heavy atom. The van der Waals surface area contributed by atoms with Gasteiger partial charge in [-0.25, -0.2) is 0 Å². The van der Waals surface area contributed by atoms with E-state index in [-0.39, 0.29) is 18.4 Å². The van der Waals surface area contributed by atoms with Crippen molar-refractivity contribution in [1.29, 1.82) is 0 Å². The number of ether oxygens (including phenoxy) is 2. The maximum Gasteiger partial charge on any atom is 0.259 e. The van der Waals surface area contributed by atoms with E-state index in [4.69, 9.17) is 9.47 Å². The minimum atomic E-state index is -0.353. The molecular formula is C19H18N2O4. The smallest absolute Gasteiger partial charge is 0.259 e. The Balaban J connectivity index is 1.76. The second kappa shape index (κ2) is 6.68. The van der Waals surface area contributed by atoms with Gasteiger partial charge in [-0.15, -0.1) is 0 Å². The molecule has 0 unspecified atom stereocenters. The summed E-state index contributed by atoms with van der Waals surface area (Å²) in [4.78, 5) is 26.3. The summed E-state index contributed by atoms with van der Waals surface area (Å²) in [5, 5.41) is 2.75. The van der Waals surface area contributed by atoms with E-state index in [0.717, 1.165) is 5.56 Å². The second-order valence-corrected chi connectivity index (χ2v) is 5.50. The third kappa shape index (κ3) is 3.06. The molecule has 0 spiro atoms. The van der Waals surface area contributed by atoms with Crippen LogP contribution in [0.25, 0.3) is 5.70 Å². The lowest BCUT2D eigenvalue weighted by Gasteiger charge is -2.18. The van der Waals surface area contributed by atoms with Crippen LogP contribution in [0, 0.1) is 0 Å². The third-order valence-corrected chi connectivity index (χ3v) is 4.02. The second-order valence-electron chi connectivity index (χ2n) is 5.50. The number of methoxy groups -OCH3 is 2. The summed E-state index contributed by atoms with van der Waals surface area (Å²) in [7, 11) is 3.05. The molecule has 2 aromatic rings. The number of hydrogen-bond acceptors (Lipinski definition) is 4. The first-order valence-corrected chi connectivity index (χ1v) is 7.67. The predicted octanol–water partition coefficient (Wildman–Crippen LogP) is 2.77. The number of hydrogen-bond donors (Lipinski definition) is 1. The van der Waals surface area contributed by atoms with Crippen LogP contribution in [-0.2, 0) is 4.79 Å². The largest absolute Gasteiger partial charge is 0.497 e. The summed E-state index contributed by atoms with van der Waals surface area (Å²) >= 11 is 0. The minimum absolute atomic E-state index is 0.132. The van der Waals surface area contributed by atoms with Gasteiger partial charge in [0.2, 0.25) is 5.91 Å². The van der Waals surface area contributed by atoms with Crippen molar-refractivity contribution in [3.05, 3.63) is 60.2 Å². The number of nitrogens with zero attached hydrogens (tertiary/aromatic N) is 1. The number of benzene rings is 2. The van der Waals surface area contributed by atoms with Gasteiger partial charge in [-0.2, -0.15) is 0 Å². The Kier molecular flexibility index (Phi) is 4.43. The first-order chi connectivity index (χ1) is 12.0. The molecule has 0 aliphatic carbocycles. The zero-order valence-corrected chi connectivity index (χ0v) is 14.0. The molecule has 1 heterocycles. The number of fused-ring (bicyclic) bond motifs is 1. The highest BCUT2D eigenvalue weighted by atomic mass is 16.5. The lowest BCUT2D eigenvalue weighted by Crippen LogP contribution is -2.32. The minimum Gasteiger partial charge on any atom is -0.497 e. The van der Waals surface area contributed by atoms with E-state index in [0.29, 0.717) is 28.4 Å². The average molecular weight is 338 g/mol. The van der Waals surface area contributed by atoms with Gasteiger partial charge >= 0.3 is 0 Å². The summed E-state index contributed by atoms with van der Waals surface area (Å²) in [5.74, 6) is 0.511. The molecule has 1 aliphatic heterocycles. The summed E-state index contributed by atoms with van der Waals surface area (Å²) in [6.07, 6.45) is 0. The molecule has 0 fully saturated rings. The zero-order chi connectivity index (χ0) is 18.0. The van der Waals surface area contributed by atoms with Crippen LogP contribution in [0.2, 0.25) is 0 Å². The maximum absolute atomic E-state index is 12.5. The van der Waals surface area contributed by atoms with Crippen molar-refractivity contribution in [2.24, 2.45) is 0 Å². The number of anilines is 1. The van der Waals surface area contributed by atoms with Crippen LogP contribution in [0.4, 0.5) is 5.69 Å². The number of amides is 2. The molecular weight excluding hydrogens is 320 g/mol. The van der Waals surface area contributed by atoms with E-state index < -0.39 is 0 Å². The molecule has 0 radical (unpaired) electrons. The Labute approximate surface area is 145 Å². The van der Waals surface area contributed by atoms with Gasteiger partial charge in [-0.1, -0.05) is 24.8 Å². The molecule has 3 rings (SSSR count). The van der Waals surface area contributed by atoms with E-state index in [1.54, 1.807) is 30.3 Å². The van der Waals surface area contributed by atoms with Crippen molar-refractivity contribution < 1.29 is 19.1 Å². The molecule has 6 nitrogen and oxygen atoms in total. The highest BCUT2D eigenvalue weighted by molar-refractivity contribution is 6.11. The lowest BCUT2D eigenvalue weighted by atomic mass is 10.1. The van der Waals surface area contributed by atoms with Crippen molar-refractivity contribution in [3.63, 3.8) is 0 Å². The number of carbonyl (C=O) groups is 2. The van der Waals surface area contributed by atoms with E-state index in [2.05, 4.69) is 11.9 Å². The van der Waals surface area contributed by atoms with Gasteiger partial charge in [0.25, 0.3) is 5.91 Å². The van der Waals surface area contributed by atoms with Crippen LogP contribution in [0.3, 0.4) is 0 Å². The molecule has 6 heteroatoms. The van der Waals surface area contributed by atoms with Crippen LogP contribution in [-0.4, -0.2) is 37.5 Å². The summed E-state index contributed by atoms with van der Waals surface area (Å²) in [6, 6.07) is 12.3. The van der Waals surface area contributed by atoms with Crippen molar-refractivity contribution in [2.75, 3.05) is 26.1 Å². The maximum atomic E-state index is 12.5. The standard InChI is InChI=1S/C19H18N2O4/c1-12-14-6-4-5-7-15(14)19(23)21(12)11-18(22)20-16-10-13(24-2)8-9-17(16)25-3/h4-10H,1,11H2,2-3H3,(H,20,22). The molecule has 25 heavy (non-hydrogen) atoms. The Morgan fingerprint density at radius 3 is 2.48 bits per heavy atom. The van der Waals surface area contributed by atoms with Crippen LogP contribution in [0.1, 0.15) is 15.9 Å². The Bertz CT molecular complexity index is 825. The van der Waals surface area contributed by atoms with Gasteiger partial charge in [0.15, 0.2) is 0 Å². The first-order valence-electron chi connectivity index (χ1n) is 7.67. The fraction of sp³-hybridized carbons (Fsp3) is 0.158. The molecule has 128 valence electrons. The molecule has 0 atom stereocenters. The van der Waals surface area contributed by atoms with Crippen LogP contribution in [0.5, 0.6) is 11.5 Å². The van der Waals surface area contributed by atoms with Crippen LogP contribution >= 0.6 is 0 Å². The first kappa shape index (κ1) is 16.6. The van der Waals surface area contributed by atoms with Crippen molar-refractivity contribution in [2.45, 2.75) is 0 Å². The number of rotatable bonds is 5. The van der Waals surface area contributed by atoms with Gasteiger partial charge in [0.1, 0.15) is 18.0 Å². The van der Waals surface area contributed by atoms with Gasteiger partial charge in [0.05, 0.1) is 19.9 Å². The normalized spacial score (nSPS) is 12.8. The molecule has 0 saturated carbocycles. The van der Waals surface area contributed by atoms with E-state index in [1.165, 1.54) is 19.1 Å². The summed E-state index contributed by atoms with van der Waals surface area (Å²) < 4.78 is 10.4.